The summed E-state index contributed by atoms with van der Waals surface area (Å²) in [5.41, 5.74) is 0.671. The maximum absolute atomic E-state index is 12.0. The van der Waals surface area contributed by atoms with Crippen molar-refractivity contribution in [3.8, 4) is 6.07 Å². The monoisotopic (exact) mass is 333 g/mol. The predicted octanol–water partition coefficient (Wildman–Crippen LogP) is 0.698. The largest absolute Gasteiger partial charge is 0.454 e. The number of hydrogen-bond acceptors (Lipinski definition) is 6. The minimum atomic E-state index is -0.657. The average Bonchev–Trinajstić information content (AvgIpc) is 2.56. The second-order valence-electron chi connectivity index (χ2n) is 4.66. The SMILES string of the molecule is N#CCCNC(=O)COC(=O)CN1C(=O)CSc2ccccc21. The highest BCUT2D eigenvalue weighted by atomic mass is 32.2. The van der Waals surface area contributed by atoms with Crippen molar-refractivity contribution >= 4 is 35.2 Å². The van der Waals surface area contributed by atoms with E-state index < -0.39 is 18.5 Å². The number of benzene rings is 1. The minimum absolute atomic E-state index is 0.177. The van der Waals surface area contributed by atoms with Crippen LogP contribution in [0, 0.1) is 11.3 Å². The van der Waals surface area contributed by atoms with Crippen LogP contribution in [0.4, 0.5) is 5.69 Å². The second kappa shape index (κ2) is 8.19. The lowest BCUT2D eigenvalue weighted by molar-refractivity contribution is -0.147. The first-order chi connectivity index (χ1) is 11.1. The number of nitrogens with one attached hydrogen (secondary N) is 1. The van der Waals surface area contributed by atoms with Gasteiger partial charge in [0.05, 0.1) is 23.9 Å². The molecule has 1 N–H and O–H groups in total. The van der Waals surface area contributed by atoms with Crippen molar-refractivity contribution in [1.29, 1.82) is 5.26 Å². The van der Waals surface area contributed by atoms with Gasteiger partial charge in [-0.3, -0.25) is 19.3 Å². The summed E-state index contributed by atoms with van der Waals surface area (Å²) in [5.74, 6) is -1.05. The fraction of sp³-hybridized carbons (Fsp3) is 0.333. The molecule has 0 spiro atoms. The summed E-state index contributed by atoms with van der Waals surface area (Å²) in [5, 5.41) is 10.8. The Labute approximate surface area is 137 Å². The number of thioether (sulfide) groups is 1. The van der Waals surface area contributed by atoms with Gasteiger partial charge in [-0.1, -0.05) is 12.1 Å². The highest BCUT2D eigenvalue weighted by Crippen LogP contribution is 2.34. The quantitative estimate of drug-likeness (QED) is 0.607. The molecule has 0 atom stereocenters. The Morgan fingerprint density at radius 2 is 2.17 bits per heavy atom. The van der Waals surface area contributed by atoms with Gasteiger partial charge in [-0.05, 0) is 12.1 Å². The summed E-state index contributed by atoms with van der Waals surface area (Å²) in [6.45, 7) is -0.452. The van der Waals surface area contributed by atoms with Gasteiger partial charge in [-0.2, -0.15) is 5.26 Å². The van der Waals surface area contributed by atoms with E-state index >= 15 is 0 Å². The van der Waals surface area contributed by atoms with E-state index in [1.807, 2.05) is 18.2 Å². The van der Waals surface area contributed by atoms with Crippen molar-refractivity contribution < 1.29 is 19.1 Å². The topological polar surface area (TPSA) is 99.5 Å². The third kappa shape index (κ3) is 4.72. The molecule has 23 heavy (non-hydrogen) atoms. The average molecular weight is 333 g/mol. The number of para-hydroxylation sites is 1. The summed E-state index contributed by atoms with van der Waals surface area (Å²) in [6.07, 6.45) is 0.191. The molecule has 0 unspecified atom stereocenters. The van der Waals surface area contributed by atoms with Crippen molar-refractivity contribution in [3.63, 3.8) is 0 Å². The summed E-state index contributed by atoms with van der Waals surface area (Å²) in [4.78, 5) is 37.5. The number of fused-ring (bicyclic) bond motifs is 1. The number of nitrogens with zero attached hydrogens (tertiary/aromatic N) is 2. The molecule has 0 saturated heterocycles. The molecular formula is C15H15N3O4S. The highest BCUT2D eigenvalue weighted by Gasteiger charge is 2.26. The summed E-state index contributed by atoms with van der Waals surface area (Å²) < 4.78 is 4.87. The molecule has 0 radical (unpaired) electrons. The van der Waals surface area contributed by atoms with Gasteiger partial charge in [0.25, 0.3) is 5.91 Å². The first kappa shape index (κ1) is 16.8. The van der Waals surface area contributed by atoms with Gasteiger partial charge in [0.15, 0.2) is 6.61 Å². The Bertz CT molecular complexity index is 656. The van der Waals surface area contributed by atoms with Crippen LogP contribution in [0.2, 0.25) is 0 Å². The number of amides is 2. The van der Waals surface area contributed by atoms with Crippen molar-refractivity contribution in [1.82, 2.24) is 5.32 Å². The van der Waals surface area contributed by atoms with Crippen LogP contribution in [0.15, 0.2) is 29.2 Å². The smallest absolute Gasteiger partial charge is 0.326 e. The third-order valence-corrected chi connectivity index (χ3v) is 4.07. The molecule has 0 fully saturated rings. The Morgan fingerprint density at radius 1 is 1.39 bits per heavy atom. The van der Waals surface area contributed by atoms with Crippen molar-refractivity contribution in [2.75, 3.05) is 30.3 Å². The fourth-order valence-corrected chi connectivity index (χ4v) is 2.89. The zero-order valence-electron chi connectivity index (χ0n) is 12.3. The third-order valence-electron chi connectivity index (χ3n) is 3.02. The first-order valence-corrected chi connectivity index (χ1v) is 7.92. The van der Waals surface area contributed by atoms with E-state index in [2.05, 4.69) is 5.32 Å². The second-order valence-corrected chi connectivity index (χ2v) is 5.67. The van der Waals surface area contributed by atoms with Crippen LogP contribution in [0.5, 0.6) is 0 Å². The minimum Gasteiger partial charge on any atom is -0.454 e. The van der Waals surface area contributed by atoms with E-state index in [-0.39, 0.29) is 31.2 Å². The number of esters is 1. The highest BCUT2D eigenvalue weighted by molar-refractivity contribution is 8.00. The van der Waals surface area contributed by atoms with Gasteiger partial charge >= 0.3 is 5.97 Å². The molecule has 1 aromatic carbocycles. The number of hydrogen-bond donors (Lipinski definition) is 1. The number of ether oxygens (including phenoxy) is 1. The molecule has 2 rings (SSSR count). The Hall–Kier alpha value is -2.53. The van der Waals surface area contributed by atoms with Gasteiger partial charge in [0.2, 0.25) is 5.91 Å². The molecule has 2 amide bonds. The lowest BCUT2D eigenvalue weighted by Gasteiger charge is -2.27. The Balaban J connectivity index is 1.87. The number of anilines is 1. The molecule has 0 bridgehead atoms. The Morgan fingerprint density at radius 3 is 2.96 bits per heavy atom. The zero-order chi connectivity index (χ0) is 16.7. The van der Waals surface area contributed by atoms with E-state index in [4.69, 9.17) is 10.00 Å². The van der Waals surface area contributed by atoms with Crippen molar-refractivity contribution in [2.24, 2.45) is 0 Å². The molecule has 8 heteroatoms. The number of rotatable bonds is 6. The van der Waals surface area contributed by atoms with Gasteiger partial charge in [-0.15, -0.1) is 11.8 Å². The van der Waals surface area contributed by atoms with Crippen LogP contribution in [-0.4, -0.2) is 43.2 Å². The fourth-order valence-electron chi connectivity index (χ4n) is 1.96. The number of carbonyl (C=O) groups is 3. The number of nitriles is 1. The molecule has 7 nitrogen and oxygen atoms in total. The van der Waals surface area contributed by atoms with Gasteiger partial charge in [-0.25, -0.2) is 0 Å². The van der Waals surface area contributed by atoms with Crippen LogP contribution in [0.3, 0.4) is 0 Å². The maximum Gasteiger partial charge on any atom is 0.326 e. The van der Waals surface area contributed by atoms with E-state index in [9.17, 15) is 14.4 Å². The molecule has 0 aliphatic carbocycles. The van der Waals surface area contributed by atoms with Crippen LogP contribution >= 0.6 is 11.8 Å². The molecule has 0 aromatic heterocycles. The van der Waals surface area contributed by atoms with E-state index in [1.165, 1.54) is 16.7 Å². The summed E-state index contributed by atoms with van der Waals surface area (Å²) >= 11 is 1.42. The standard InChI is InChI=1S/C15H15N3O4S/c16-6-3-7-17-13(19)9-22-15(21)8-18-11-4-1-2-5-12(11)23-10-14(18)20/h1-2,4-5H,3,7-10H2,(H,17,19). The van der Waals surface area contributed by atoms with Crippen LogP contribution in [-0.2, 0) is 19.1 Å². The Kier molecular flexibility index (Phi) is 6.00. The molecule has 0 saturated carbocycles. The van der Waals surface area contributed by atoms with Crippen LogP contribution in [0.25, 0.3) is 0 Å². The molecule has 1 aliphatic rings. The maximum atomic E-state index is 12.0. The van der Waals surface area contributed by atoms with Gasteiger partial charge in [0, 0.05) is 11.4 Å². The lowest BCUT2D eigenvalue weighted by Crippen LogP contribution is -2.40. The van der Waals surface area contributed by atoms with Crippen molar-refractivity contribution in [2.45, 2.75) is 11.3 Å². The molecule has 1 heterocycles. The predicted molar refractivity (Wildman–Crippen MR) is 83.7 cm³/mol. The van der Waals surface area contributed by atoms with Crippen LogP contribution < -0.4 is 10.2 Å². The normalized spacial score (nSPS) is 13.0. The van der Waals surface area contributed by atoms with E-state index in [1.54, 1.807) is 12.1 Å². The van der Waals surface area contributed by atoms with Crippen LogP contribution in [0.1, 0.15) is 6.42 Å². The molecule has 120 valence electrons. The summed E-state index contributed by atoms with van der Waals surface area (Å²) in [7, 11) is 0. The molecule has 1 aliphatic heterocycles. The number of carbonyl (C=O) groups excluding carboxylic acids is 3. The molecular weight excluding hydrogens is 318 g/mol. The van der Waals surface area contributed by atoms with E-state index in [0.29, 0.717) is 5.69 Å². The van der Waals surface area contributed by atoms with Gasteiger partial charge < -0.3 is 10.1 Å². The lowest BCUT2D eigenvalue weighted by atomic mass is 10.2. The van der Waals surface area contributed by atoms with E-state index in [0.717, 1.165) is 4.90 Å². The van der Waals surface area contributed by atoms with Gasteiger partial charge in [0.1, 0.15) is 6.54 Å². The molecule has 1 aromatic rings. The first-order valence-electron chi connectivity index (χ1n) is 6.93. The van der Waals surface area contributed by atoms with Crippen molar-refractivity contribution in [3.05, 3.63) is 24.3 Å². The zero-order valence-corrected chi connectivity index (χ0v) is 13.1. The summed E-state index contributed by atoms with van der Waals surface area (Å²) in [6, 6.07) is 9.19.